The van der Waals surface area contributed by atoms with Crippen LogP contribution >= 0.6 is 23.2 Å². The normalized spacial score (nSPS) is 20.7. The first-order chi connectivity index (χ1) is 14.9. The zero-order valence-electron chi connectivity index (χ0n) is 17.0. The average molecular weight is 464 g/mol. The van der Waals surface area contributed by atoms with E-state index >= 15 is 0 Å². The summed E-state index contributed by atoms with van der Waals surface area (Å²) in [5.74, 6) is -1.30. The number of hydrogen-bond donors (Lipinski definition) is 3. The SMILES string of the molecule is CCC1CCCCN1c1nc2c(c(=O)[nH]1)C(C(=O)Nc1ccc(Cl)cc1Cl)CC(=O)N2. The van der Waals surface area contributed by atoms with Crippen molar-refractivity contribution in [1.29, 1.82) is 0 Å². The molecule has 1 aromatic carbocycles. The summed E-state index contributed by atoms with van der Waals surface area (Å²) in [5, 5.41) is 6.05. The van der Waals surface area contributed by atoms with Crippen LogP contribution in [0.5, 0.6) is 0 Å². The van der Waals surface area contributed by atoms with E-state index in [0.717, 1.165) is 32.2 Å². The molecule has 0 spiro atoms. The van der Waals surface area contributed by atoms with Gasteiger partial charge in [-0.05, 0) is 43.9 Å². The Hall–Kier alpha value is -2.58. The van der Waals surface area contributed by atoms with Crippen LogP contribution in [0.15, 0.2) is 23.0 Å². The number of anilines is 3. The van der Waals surface area contributed by atoms with Crippen molar-refractivity contribution in [3.63, 3.8) is 0 Å². The summed E-state index contributed by atoms with van der Waals surface area (Å²) >= 11 is 12.0. The van der Waals surface area contributed by atoms with Crippen LogP contribution in [0.25, 0.3) is 0 Å². The predicted molar refractivity (Wildman–Crippen MR) is 121 cm³/mol. The molecule has 164 valence electrons. The number of carbonyl (C=O) groups is 2. The van der Waals surface area contributed by atoms with Gasteiger partial charge in [0.25, 0.3) is 5.56 Å². The number of amides is 2. The van der Waals surface area contributed by atoms with Crippen molar-refractivity contribution in [3.05, 3.63) is 44.2 Å². The third-order valence-electron chi connectivity index (χ3n) is 5.81. The van der Waals surface area contributed by atoms with Crippen molar-refractivity contribution in [3.8, 4) is 0 Å². The minimum absolute atomic E-state index is 0.137. The number of benzene rings is 1. The quantitative estimate of drug-likeness (QED) is 0.636. The van der Waals surface area contributed by atoms with Gasteiger partial charge in [-0.3, -0.25) is 19.4 Å². The Labute approximate surface area is 189 Å². The number of piperidine rings is 1. The van der Waals surface area contributed by atoms with Gasteiger partial charge in [-0.1, -0.05) is 30.1 Å². The van der Waals surface area contributed by atoms with E-state index in [9.17, 15) is 14.4 Å². The van der Waals surface area contributed by atoms with Crippen LogP contribution in [0.4, 0.5) is 17.5 Å². The second-order valence-electron chi connectivity index (χ2n) is 7.82. The van der Waals surface area contributed by atoms with E-state index in [4.69, 9.17) is 23.2 Å². The molecule has 2 amide bonds. The Morgan fingerprint density at radius 3 is 2.84 bits per heavy atom. The van der Waals surface area contributed by atoms with E-state index in [1.54, 1.807) is 12.1 Å². The second-order valence-corrected chi connectivity index (χ2v) is 8.67. The molecule has 0 aliphatic carbocycles. The number of fused-ring (bicyclic) bond motifs is 1. The maximum Gasteiger partial charge on any atom is 0.258 e. The van der Waals surface area contributed by atoms with E-state index in [1.165, 1.54) is 6.07 Å². The Morgan fingerprint density at radius 2 is 2.10 bits per heavy atom. The van der Waals surface area contributed by atoms with E-state index < -0.39 is 17.4 Å². The molecule has 1 fully saturated rings. The van der Waals surface area contributed by atoms with Crippen LogP contribution in [-0.4, -0.2) is 34.4 Å². The van der Waals surface area contributed by atoms with E-state index in [-0.39, 0.29) is 34.8 Å². The lowest BCUT2D eigenvalue weighted by Gasteiger charge is -2.36. The van der Waals surface area contributed by atoms with Gasteiger partial charge in [0.15, 0.2) is 0 Å². The van der Waals surface area contributed by atoms with E-state index in [1.807, 2.05) is 0 Å². The number of rotatable bonds is 4. The number of nitrogens with one attached hydrogen (secondary N) is 3. The Morgan fingerprint density at radius 1 is 1.29 bits per heavy atom. The highest BCUT2D eigenvalue weighted by Gasteiger charge is 2.36. The first kappa shape index (κ1) is 21.6. The predicted octanol–water partition coefficient (Wildman–Crippen LogP) is 3.91. The summed E-state index contributed by atoms with van der Waals surface area (Å²) in [6.45, 7) is 2.89. The standard InChI is InChI=1S/C21H23Cl2N5O3/c1-2-12-5-3-4-8-28(12)21-26-18-17(20(31)27-21)13(10-16(29)25-18)19(30)24-15-7-6-11(22)9-14(15)23/h6-7,9,12-13H,2-5,8,10H2,1H3,(H,24,30)(H2,25,26,27,29,31). The van der Waals surface area contributed by atoms with Crippen LogP contribution < -0.4 is 21.1 Å². The van der Waals surface area contributed by atoms with Gasteiger partial charge in [0.1, 0.15) is 5.82 Å². The smallest absolute Gasteiger partial charge is 0.258 e. The van der Waals surface area contributed by atoms with Crippen molar-refractivity contribution < 1.29 is 9.59 Å². The van der Waals surface area contributed by atoms with E-state index in [0.29, 0.717) is 16.7 Å². The Balaban J connectivity index is 1.66. The number of aromatic nitrogens is 2. The molecule has 0 saturated carbocycles. The van der Waals surface area contributed by atoms with Gasteiger partial charge in [-0.2, -0.15) is 4.98 Å². The highest BCUT2D eigenvalue weighted by Crippen LogP contribution is 2.33. The molecule has 3 heterocycles. The van der Waals surface area contributed by atoms with Crippen LogP contribution in [0.3, 0.4) is 0 Å². The first-order valence-corrected chi connectivity index (χ1v) is 11.1. The van der Waals surface area contributed by atoms with Crippen molar-refractivity contribution in [2.24, 2.45) is 0 Å². The topological polar surface area (TPSA) is 107 Å². The molecule has 4 rings (SSSR count). The van der Waals surface area contributed by atoms with Crippen LogP contribution in [0, 0.1) is 0 Å². The van der Waals surface area contributed by atoms with Crippen molar-refractivity contribution >= 4 is 52.5 Å². The zero-order valence-corrected chi connectivity index (χ0v) is 18.5. The lowest BCUT2D eigenvalue weighted by atomic mass is 9.92. The van der Waals surface area contributed by atoms with Gasteiger partial charge in [0.2, 0.25) is 17.8 Å². The number of carbonyl (C=O) groups excluding carboxylic acids is 2. The van der Waals surface area contributed by atoms with Gasteiger partial charge >= 0.3 is 0 Å². The Kier molecular flexibility index (Phi) is 6.20. The third kappa shape index (κ3) is 4.41. The molecule has 0 bridgehead atoms. The molecular formula is C21H23Cl2N5O3. The van der Waals surface area contributed by atoms with Crippen molar-refractivity contribution in [2.45, 2.75) is 51.0 Å². The molecule has 1 aromatic heterocycles. The van der Waals surface area contributed by atoms with Crippen LogP contribution in [-0.2, 0) is 9.59 Å². The fourth-order valence-electron chi connectivity index (χ4n) is 4.23. The number of hydrogen-bond acceptors (Lipinski definition) is 5. The molecule has 1 saturated heterocycles. The lowest BCUT2D eigenvalue weighted by Crippen LogP contribution is -2.43. The number of H-pyrrole nitrogens is 1. The lowest BCUT2D eigenvalue weighted by molar-refractivity contribution is -0.123. The number of nitrogens with zero attached hydrogens (tertiary/aromatic N) is 2. The van der Waals surface area contributed by atoms with Crippen LogP contribution in [0.1, 0.15) is 50.5 Å². The third-order valence-corrected chi connectivity index (χ3v) is 6.36. The van der Waals surface area contributed by atoms with Gasteiger partial charge in [0, 0.05) is 24.0 Å². The molecule has 10 heteroatoms. The summed E-state index contributed by atoms with van der Waals surface area (Å²) in [7, 11) is 0. The second kappa shape index (κ2) is 8.88. The molecule has 2 aliphatic rings. The maximum absolute atomic E-state index is 13.0. The average Bonchev–Trinajstić information content (AvgIpc) is 2.74. The van der Waals surface area contributed by atoms with E-state index in [2.05, 4.69) is 32.4 Å². The monoisotopic (exact) mass is 463 g/mol. The van der Waals surface area contributed by atoms with Crippen molar-refractivity contribution in [2.75, 3.05) is 22.1 Å². The highest BCUT2D eigenvalue weighted by atomic mass is 35.5. The molecule has 2 unspecified atom stereocenters. The number of aromatic amines is 1. The maximum atomic E-state index is 13.0. The summed E-state index contributed by atoms with van der Waals surface area (Å²) < 4.78 is 0. The molecule has 8 nitrogen and oxygen atoms in total. The summed E-state index contributed by atoms with van der Waals surface area (Å²) in [5.41, 5.74) is 0.0717. The molecule has 2 atom stereocenters. The Bertz CT molecular complexity index is 1090. The molecule has 2 aromatic rings. The summed E-state index contributed by atoms with van der Waals surface area (Å²) in [6.07, 6.45) is 3.94. The highest BCUT2D eigenvalue weighted by molar-refractivity contribution is 6.36. The molecular weight excluding hydrogens is 441 g/mol. The molecule has 31 heavy (non-hydrogen) atoms. The first-order valence-electron chi connectivity index (χ1n) is 10.3. The summed E-state index contributed by atoms with van der Waals surface area (Å²) in [6, 6.07) is 4.94. The van der Waals surface area contributed by atoms with Crippen LogP contribution in [0.2, 0.25) is 10.0 Å². The minimum atomic E-state index is -0.982. The fraction of sp³-hybridized carbons (Fsp3) is 0.429. The zero-order chi connectivity index (χ0) is 22.1. The molecule has 0 radical (unpaired) electrons. The van der Waals surface area contributed by atoms with Gasteiger partial charge in [-0.15, -0.1) is 0 Å². The fourth-order valence-corrected chi connectivity index (χ4v) is 4.69. The molecule has 3 N–H and O–H groups in total. The van der Waals surface area contributed by atoms with Gasteiger partial charge in [0.05, 0.1) is 22.2 Å². The number of halogens is 2. The van der Waals surface area contributed by atoms with Gasteiger partial charge < -0.3 is 15.5 Å². The summed E-state index contributed by atoms with van der Waals surface area (Å²) in [4.78, 5) is 47.8. The van der Waals surface area contributed by atoms with Crippen molar-refractivity contribution in [1.82, 2.24) is 9.97 Å². The molecule has 2 aliphatic heterocycles. The minimum Gasteiger partial charge on any atom is -0.339 e. The van der Waals surface area contributed by atoms with Gasteiger partial charge in [-0.25, -0.2) is 0 Å². The largest absolute Gasteiger partial charge is 0.339 e.